The second kappa shape index (κ2) is 7.06. The Hall–Kier alpha value is -0.980. The van der Waals surface area contributed by atoms with E-state index in [-0.39, 0.29) is 18.4 Å². The Bertz CT molecular complexity index is 679. The summed E-state index contributed by atoms with van der Waals surface area (Å²) in [5, 5.41) is 0. The van der Waals surface area contributed by atoms with Crippen LogP contribution in [0.1, 0.15) is 49.0 Å². The Balaban J connectivity index is 1.61. The van der Waals surface area contributed by atoms with Crippen molar-refractivity contribution in [3.8, 4) is 0 Å². The van der Waals surface area contributed by atoms with Crippen LogP contribution in [0.5, 0.6) is 0 Å². The van der Waals surface area contributed by atoms with E-state index >= 15 is 0 Å². The molecule has 0 aromatic carbocycles. The number of aryl methyl sites for hydroxylation is 2. The maximum atomic E-state index is 12.1. The van der Waals surface area contributed by atoms with Crippen molar-refractivity contribution >= 4 is 50.4 Å². The van der Waals surface area contributed by atoms with Gasteiger partial charge in [-0.15, -0.1) is 22.7 Å². The molecule has 0 spiro atoms. The molecule has 6 heteroatoms. The van der Waals surface area contributed by atoms with Gasteiger partial charge in [0, 0.05) is 4.88 Å². The standard InChI is InChI=1S/C16H15BrO3S2/c17-15-7-6-13(22-15)11(18)9-20-16(19)14-8-10-4-2-1-3-5-12(10)21-14/h6-8H,1-5,9H2. The third-order valence-electron chi connectivity index (χ3n) is 3.63. The van der Waals surface area contributed by atoms with Gasteiger partial charge in [-0.3, -0.25) is 4.79 Å². The largest absolute Gasteiger partial charge is 0.453 e. The van der Waals surface area contributed by atoms with E-state index in [2.05, 4.69) is 15.9 Å². The minimum atomic E-state index is -0.387. The first-order valence-corrected chi connectivity index (χ1v) is 9.63. The van der Waals surface area contributed by atoms with Gasteiger partial charge in [0.25, 0.3) is 0 Å². The van der Waals surface area contributed by atoms with E-state index in [0.717, 1.165) is 16.6 Å². The predicted octanol–water partition coefficient (Wildman–Crippen LogP) is 4.88. The van der Waals surface area contributed by atoms with E-state index in [9.17, 15) is 9.59 Å². The number of fused-ring (bicyclic) bond motifs is 1. The summed E-state index contributed by atoms with van der Waals surface area (Å²) in [5.41, 5.74) is 1.28. The highest BCUT2D eigenvalue weighted by atomic mass is 79.9. The molecule has 2 aromatic heterocycles. The quantitative estimate of drug-likeness (QED) is 0.418. The van der Waals surface area contributed by atoms with Crippen molar-refractivity contribution in [2.24, 2.45) is 0 Å². The lowest BCUT2D eigenvalue weighted by Crippen LogP contribution is -2.12. The van der Waals surface area contributed by atoms with Crippen LogP contribution in [0.4, 0.5) is 0 Å². The number of hydrogen-bond acceptors (Lipinski definition) is 5. The van der Waals surface area contributed by atoms with Crippen molar-refractivity contribution in [1.29, 1.82) is 0 Å². The van der Waals surface area contributed by atoms with Gasteiger partial charge < -0.3 is 4.74 Å². The Kier molecular flexibility index (Phi) is 5.10. The van der Waals surface area contributed by atoms with E-state index in [0.29, 0.717) is 9.75 Å². The fourth-order valence-corrected chi connectivity index (χ4v) is 4.96. The van der Waals surface area contributed by atoms with E-state index < -0.39 is 0 Å². The molecule has 116 valence electrons. The van der Waals surface area contributed by atoms with Gasteiger partial charge in [0.1, 0.15) is 4.88 Å². The molecule has 0 unspecified atom stereocenters. The summed E-state index contributed by atoms with van der Waals surface area (Å²) in [6, 6.07) is 5.49. The second-order valence-corrected chi connectivity index (χ2v) is 8.82. The first-order valence-electron chi connectivity index (χ1n) is 7.21. The molecule has 1 aliphatic rings. The molecule has 0 amide bonds. The van der Waals surface area contributed by atoms with Gasteiger partial charge in [0.15, 0.2) is 6.61 Å². The van der Waals surface area contributed by atoms with Crippen LogP contribution < -0.4 is 0 Å². The minimum Gasteiger partial charge on any atom is -0.453 e. The van der Waals surface area contributed by atoms with Gasteiger partial charge in [0.2, 0.25) is 5.78 Å². The number of carbonyl (C=O) groups is 2. The summed E-state index contributed by atoms with van der Waals surface area (Å²) < 4.78 is 6.07. The lowest BCUT2D eigenvalue weighted by Gasteiger charge is -2.01. The van der Waals surface area contributed by atoms with E-state index in [4.69, 9.17) is 4.74 Å². The van der Waals surface area contributed by atoms with Gasteiger partial charge in [0.05, 0.1) is 8.66 Å². The zero-order chi connectivity index (χ0) is 15.5. The molecule has 2 aromatic rings. The zero-order valence-electron chi connectivity index (χ0n) is 11.9. The van der Waals surface area contributed by atoms with Gasteiger partial charge in [-0.2, -0.15) is 0 Å². The van der Waals surface area contributed by atoms with Crippen molar-refractivity contribution in [3.05, 3.63) is 42.2 Å². The van der Waals surface area contributed by atoms with E-state index in [1.807, 2.05) is 12.1 Å². The molecule has 3 nitrogen and oxygen atoms in total. The van der Waals surface area contributed by atoms with Crippen LogP contribution in [-0.2, 0) is 17.6 Å². The molecule has 2 heterocycles. The Morgan fingerprint density at radius 1 is 1.09 bits per heavy atom. The van der Waals surface area contributed by atoms with Crippen LogP contribution in [0.2, 0.25) is 0 Å². The van der Waals surface area contributed by atoms with Crippen LogP contribution in [0, 0.1) is 0 Å². The third-order valence-corrected chi connectivity index (χ3v) is 6.51. The fraction of sp³-hybridized carbons (Fsp3) is 0.375. The minimum absolute atomic E-state index is 0.165. The summed E-state index contributed by atoms with van der Waals surface area (Å²) in [4.78, 5) is 26.6. The summed E-state index contributed by atoms with van der Waals surface area (Å²) in [6.45, 7) is -0.200. The first kappa shape index (κ1) is 15.9. The van der Waals surface area contributed by atoms with Crippen molar-refractivity contribution < 1.29 is 14.3 Å². The fourth-order valence-electron chi connectivity index (χ4n) is 2.51. The number of ketones is 1. The number of Topliss-reactive ketones (excluding diaryl/α,β-unsaturated/α-hetero) is 1. The van der Waals surface area contributed by atoms with Crippen LogP contribution in [0.25, 0.3) is 0 Å². The van der Waals surface area contributed by atoms with E-state index in [1.165, 1.54) is 52.4 Å². The van der Waals surface area contributed by atoms with E-state index in [1.54, 1.807) is 6.07 Å². The van der Waals surface area contributed by atoms with Crippen molar-refractivity contribution in [1.82, 2.24) is 0 Å². The molecule has 0 N–H and O–H groups in total. The molecule has 22 heavy (non-hydrogen) atoms. The number of halogens is 1. The summed E-state index contributed by atoms with van der Waals surface area (Å²) in [7, 11) is 0. The second-order valence-electron chi connectivity index (χ2n) is 5.22. The number of carbonyl (C=O) groups excluding carboxylic acids is 2. The van der Waals surface area contributed by atoms with Crippen molar-refractivity contribution in [3.63, 3.8) is 0 Å². The monoisotopic (exact) mass is 398 g/mol. The first-order chi connectivity index (χ1) is 10.6. The molecule has 0 saturated carbocycles. The van der Waals surface area contributed by atoms with Crippen molar-refractivity contribution in [2.45, 2.75) is 32.1 Å². The molecule has 1 aliphatic carbocycles. The number of ether oxygens (including phenoxy) is 1. The molecule has 0 aliphatic heterocycles. The normalized spacial score (nSPS) is 14.2. The van der Waals surface area contributed by atoms with Crippen LogP contribution in [0.15, 0.2) is 22.0 Å². The van der Waals surface area contributed by atoms with Gasteiger partial charge in [-0.25, -0.2) is 4.79 Å². The zero-order valence-corrected chi connectivity index (χ0v) is 15.1. The highest BCUT2D eigenvalue weighted by molar-refractivity contribution is 9.11. The van der Waals surface area contributed by atoms with Gasteiger partial charge >= 0.3 is 5.97 Å². The van der Waals surface area contributed by atoms with Crippen molar-refractivity contribution in [2.75, 3.05) is 6.61 Å². The molecule has 0 fully saturated rings. The predicted molar refractivity (Wildman–Crippen MR) is 92.2 cm³/mol. The summed E-state index contributed by atoms with van der Waals surface area (Å²) >= 11 is 6.18. The highest BCUT2D eigenvalue weighted by Gasteiger charge is 2.19. The maximum Gasteiger partial charge on any atom is 0.348 e. The lowest BCUT2D eigenvalue weighted by atomic mass is 10.1. The molecule has 3 rings (SSSR count). The SMILES string of the molecule is O=C(COC(=O)c1cc2c(s1)CCCCC2)c1ccc(Br)s1. The number of esters is 1. The van der Waals surface area contributed by atoms with Crippen LogP contribution in [0.3, 0.4) is 0 Å². The lowest BCUT2D eigenvalue weighted by molar-refractivity contribution is 0.0480. The maximum absolute atomic E-state index is 12.1. The molecular formula is C16H15BrO3S2. The van der Waals surface area contributed by atoms with Crippen LogP contribution >= 0.6 is 38.6 Å². The highest BCUT2D eigenvalue weighted by Crippen LogP contribution is 2.29. The Labute approximate surface area is 145 Å². The average Bonchev–Trinajstić information content (AvgIpc) is 3.06. The topological polar surface area (TPSA) is 43.4 Å². The summed E-state index contributed by atoms with van der Waals surface area (Å²) in [5.74, 6) is -0.552. The molecule has 0 atom stereocenters. The smallest absolute Gasteiger partial charge is 0.348 e. The molecular weight excluding hydrogens is 384 g/mol. The average molecular weight is 399 g/mol. The van der Waals surface area contributed by atoms with Gasteiger partial charge in [-0.05, 0) is 65.4 Å². The van der Waals surface area contributed by atoms with Crippen LogP contribution in [-0.4, -0.2) is 18.4 Å². The Morgan fingerprint density at radius 2 is 1.91 bits per heavy atom. The molecule has 0 radical (unpaired) electrons. The number of thiophene rings is 2. The molecule has 0 bridgehead atoms. The molecule has 0 saturated heterocycles. The summed E-state index contributed by atoms with van der Waals surface area (Å²) in [6.07, 6.45) is 5.72. The third kappa shape index (κ3) is 3.67. The number of hydrogen-bond donors (Lipinski definition) is 0. The van der Waals surface area contributed by atoms with Gasteiger partial charge in [-0.1, -0.05) is 6.42 Å². The number of rotatable bonds is 4. The Morgan fingerprint density at radius 3 is 2.68 bits per heavy atom.